The molecular formula is C18H19ClN2OS. The maximum Gasteiger partial charge on any atom is 0.252 e. The van der Waals surface area contributed by atoms with E-state index in [0.29, 0.717) is 17.1 Å². The second-order valence-corrected chi connectivity index (χ2v) is 7.16. The summed E-state index contributed by atoms with van der Waals surface area (Å²) in [6.45, 7) is 1.63. The van der Waals surface area contributed by atoms with E-state index < -0.39 is 0 Å². The van der Waals surface area contributed by atoms with Gasteiger partial charge in [0.05, 0.1) is 5.56 Å². The third-order valence-corrected chi connectivity index (χ3v) is 5.13. The molecule has 0 atom stereocenters. The van der Waals surface area contributed by atoms with Gasteiger partial charge in [-0.3, -0.25) is 4.79 Å². The van der Waals surface area contributed by atoms with Crippen molar-refractivity contribution in [3.63, 3.8) is 0 Å². The van der Waals surface area contributed by atoms with Gasteiger partial charge in [-0.2, -0.15) is 0 Å². The molecule has 23 heavy (non-hydrogen) atoms. The molecule has 0 saturated heterocycles. The molecule has 0 aliphatic heterocycles. The summed E-state index contributed by atoms with van der Waals surface area (Å²) < 4.78 is 1.02. The maximum atomic E-state index is 12.6. The first-order valence-corrected chi connectivity index (χ1v) is 8.85. The van der Waals surface area contributed by atoms with Crippen molar-refractivity contribution in [3.05, 3.63) is 46.3 Å². The molecule has 3 nitrogen and oxygen atoms in total. The van der Waals surface area contributed by atoms with Crippen LogP contribution in [0.25, 0.3) is 20.9 Å². The highest BCUT2D eigenvalue weighted by atomic mass is 35.5. The fraction of sp³-hybridized carbons (Fsp3) is 0.278. The zero-order chi connectivity index (χ0) is 16.4. The van der Waals surface area contributed by atoms with Gasteiger partial charge in [0.15, 0.2) is 0 Å². The normalized spacial score (nSPS) is 11.5. The largest absolute Gasteiger partial charge is 0.352 e. The van der Waals surface area contributed by atoms with Gasteiger partial charge < -0.3 is 10.2 Å². The van der Waals surface area contributed by atoms with Crippen LogP contribution >= 0.6 is 22.9 Å². The summed E-state index contributed by atoms with van der Waals surface area (Å²) in [5, 5.41) is 8.83. The van der Waals surface area contributed by atoms with E-state index in [1.54, 1.807) is 11.3 Å². The van der Waals surface area contributed by atoms with Gasteiger partial charge in [0.25, 0.3) is 5.91 Å². The number of nitrogens with zero attached hydrogens (tertiary/aromatic N) is 1. The van der Waals surface area contributed by atoms with Crippen molar-refractivity contribution in [1.29, 1.82) is 0 Å². The summed E-state index contributed by atoms with van der Waals surface area (Å²) in [5.41, 5.74) is 0.709. The first kappa shape index (κ1) is 16.2. The molecule has 2 aromatic carbocycles. The van der Waals surface area contributed by atoms with E-state index in [2.05, 4.69) is 22.3 Å². The standard InChI is InChI=1S/C18H19ClN2OS/c1-21(2)9-4-8-20-18(22)15-11-14-12(5-3-6-16(14)19)13-7-10-23-17(13)15/h3,5-7,10-11H,4,8-9H2,1-2H3,(H,20,22). The van der Waals surface area contributed by atoms with E-state index >= 15 is 0 Å². The number of carbonyl (C=O) groups is 1. The van der Waals surface area contributed by atoms with Crippen LogP contribution in [0.1, 0.15) is 16.8 Å². The Hall–Kier alpha value is -1.62. The van der Waals surface area contributed by atoms with Crippen molar-refractivity contribution in [1.82, 2.24) is 10.2 Å². The van der Waals surface area contributed by atoms with Crippen LogP contribution in [0.2, 0.25) is 5.02 Å². The number of thiophene rings is 1. The molecule has 1 N–H and O–H groups in total. The molecule has 1 aromatic heterocycles. The molecule has 1 heterocycles. The smallest absolute Gasteiger partial charge is 0.252 e. The molecule has 120 valence electrons. The summed E-state index contributed by atoms with van der Waals surface area (Å²) in [4.78, 5) is 14.7. The van der Waals surface area contributed by atoms with E-state index in [0.717, 1.165) is 33.8 Å². The number of nitrogens with one attached hydrogen (secondary N) is 1. The van der Waals surface area contributed by atoms with Gasteiger partial charge in [-0.1, -0.05) is 23.7 Å². The minimum Gasteiger partial charge on any atom is -0.352 e. The van der Waals surface area contributed by atoms with Crippen LogP contribution in [0.4, 0.5) is 0 Å². The predicted molar refractivity (Wildman–Crippen MR) is 99.8 cm³/mol. The summed E-state index contributed by atoms with van der Waals surface area (Å²) in [7, 11) is 4.06. The minimum atomic E-state index is -0.0296. The lowest BCUT2D eigenvalue weighted by atomic mass is 10.0. The van der Waals surface area contributed by atoms with Crippen molar-refractivity contribution in [2.24, 2.45) is 0 Å². The Kier molecular flexibility index (Phi) is 4.85. The Bertz CT molecular complexity index is 857. The highest BCUT2D eigenvalue weighted by Crippen LogP contribution is 2.35. The molecule has 0 radical (unpaired) electrons. The molecule has 0 aliphatic carbocycles. The van der Waals surface area contributed by atoms with Crippen molar-refractivity contribution in [2.45, 2.75) is 6.42 Å². The number of rotatable bonds is 5. The Morgan fingerprint density at radius 3 is 2.83 bits per heavy atom. The van der Waals surface area contributed by atoms with E-state index in [4.69, 9.17) is 11.6 Å². The zero-order valence-electron chi connectivity index (χ0n) is 13.2. The summed E-state index contributed by atoms with van der Waals surface area (Å²) in [5.74, 6) is -0.0296. The van der Waals surface area contributed by atoms with E-state index in [1.807, 2.05) is 37.7 Å². The molecule has 5 heteroatoms. The minimum absolute atomic E-state index is 0.0296. The average Bonchev–Trinajstić information content (AvgIpc) is 3.00. The maximum absolute atomic E-state index is 12.6. The average molecular weight is 347 g/mol. The first-order valence-electron chi connectivity index (χ1n) is 7.59. The van der Waals surface area contributed by atoms with Crippen molar-refractivity contribution in [3.8, 4) is 0 Å². The van der Waals surface area contributed by atoms with Crippen LogP contribution in [0.5, 0.6) is 0 Å². The lowest BCUT2D eigenvalue weighted by Crippen LogP contribution is -2.27. The first-order chi connectivity index (χ1) is 11.1. The Balaban J connectivity index is 1.94. The summed E-state index contributed by atoms with van der Waals surface area (Å²) >= 11 is 7.92. The van der Waals surface area contributed by atoms with Crippen LogP contribution in [-0.4, -0.2) is 38.0 Å². The zero-order valence-corrected chi connectivity index (χ0v) is 14.8. The topological polar surface area (TPSA) is 32.3 Å². The molecule has 0 unspecified atom stereocenters. The second kappa shape index (κ2) is 6.87. The molecule has 0 saturated carbocycles. The summed E-state index contributed by atoms with van der Waals surface area (Å²) in [6, 6.07) is 9.83. The Morgan fingerprint density at radius 1 is 1.22 bits per heavy atom. The van der Waals surface area contributed by atoms with E-state index in [9.17, 15) is 4.79 Å². The van der Waals surface area contributed by atoms with Crippen LogP contribution < -0.4 is 5.32 Å². The Labute approximate surface area is 144 Å². The van der Waals surface area contributed by atoms with Crippen molar-refractivity contribution in [2.75, 3.05) is 27.2 Å². The van der Waals surface area contributed by atoms with Gasteiger partial charge in [0.2, 0.25) is 0 Å². The number of amides is 1. The molecule has 3 aromatic rings. The lowest BCUT2D eigenvalue weighted by molar-refractivity contribution is 0.0954. The van der Waals surface area contributed by atoms with Gasteiger partial charge in [0.1, 0.15) is 0 Å². The fourth-order valence-electron chi connectivity index (χ4n) is 2.72. The number of hydrogen-bond donors (Lipinski definition) is 1. The third kappa shape index (κ3) is 3.34. The highest BCUT2D eigenvalue weighted by molar-refractivity contribution is 7.17. The van der Waals surface area contributed by atoms with Crippen molar-refractivity contribution >= 4 is 49.7 Å². The number of hydrogen-bond acceptors (Lipinski definition) is 3. The van der Waals surface area contributed by atoms with Gasteiger partial charge in [0, 0.05) is 27.0 Å². The lowest BCUT2D eigenvalue weighted by Gasteiger charge is -2.11. The van der Waals surface area contributed by atoms with Crippen LogP contribution in [-0.2, 0) is 0 Å². The monoisotopic (exact) mass is 346 g/mol. The number of benzene rings is 2. The van der Waals surface area contributed by atoms with Gasteiger partial charge in [-0.05, 0) is 56.0 Å². The molecule has 0 spiro atoms. The fourth-order valence-corrected chi connectivity index (χ4v) is 3.87. The van der Waals surface area contributed by atoms with Crippen molar-refractivity contribution < 1.29 is 4.79 Å². The molecule has 0 aliphatic rings. The van der Waals surface area contributed by atoms with Crippen LogP contribution in [0, 0.1) is 0 Å². The molecular weight excluding hydrogens is 328 g/mol. The third-order valence-electron chi connectivity index (χ3n) is 3.85. The van der Waals surface area contributed by atoms with E-state index in [-0.39, 0.29) is 5.91 Å². The Morgan fingerprint density at radius 2 is 2.04 bits per heavy atom. The van der Waals surface area contributed by atoms with Crippen LogP contribution in [0.3, 0.4) is 0 Å². The van der Waals surface area contributed by atoms with Gasteiger partial charge in [-0.25, -0.2) is 0 Å². The number of carbonyl (C=O) groups excluding carboxylic acids is 1. The number of fused-ring (bicyclic) bond motifs is 3. The van der Waals surface area contributed by atoms with Crippen LogP contribution in [0.15, 0.2) is 35.7 Å². The summed E-state index contributed by atoms with van der Waals surface area (Å²) in [6.07, 6.45) is 0.931. The molecule has 0 bridgehead atoms. The molecule has 3 rings (SSSR count). The second-order valence-electron chi connectivity index (χ2n) is 5.84. The van der Waals surface area contributed by atoms with Gasteiger partial charge in [-0.15, -0.1) is 11.3 Å². The molecule has 0 fully saturated rings. The van der Waals surface area contributed by atoms with Gasteiger partial charge >= 0.3 is 0 Å². The molecule has 1 amide bonds. The van der Waals surface area contributed by atoms with E-state index in [1.165, 1.54) is 0 Å². The SMILES string of the molecule is CN(C)CCCNC(=O)c1cc2c(Cl)cccc2c2ccsc12. The number of halogens is 1. The quantitative estimate of drug-likeness (QED) is 0.695. The highest BCUT2D eigenvalue weighted by Gasteiger charge is 2.15. The predicted octanol–water partition coefficient (Wildman–Crippen LogP) is 4.39.